The van der Waals surface area contributed by atoms with E-state index in [0.29, 0.717) is 23.0 Å². The molecule has 3 amide bonds. The van der Waals surface area contributed by atoms with Crippen molar-refractivity contribution in [3.05, 3.63) is 47.5 Å². The Bertz CT molecular complexity index is 846. The van der Waals surface area contributed by atoms with E-state index in [9.17, 15) is 14.4 Å². The minimum absolute atomic E-state index is 0.133. The second-order valence-electron chi connectivity index (χ2n) is 7.30. The molecule has 0 spiro atoms. The fraction of sp³-hybridized carbons (Fsp3) is 0.368. The monoisotopic (exact) mass is 333 g/mol. The SMILES string of the molecule is N#Cc1ccc(C(=O)NN2C(=O)[C@@H]3C4C=CC(C5CC54)[C@@H]3C2=O)cc1. The first kappa shape index (κ1) is 14.4. The largest absolute Gasteiger partial charge is 0.272 e. The number of hydrazine groups is 1. The first-order chi connectivity index (χ1) is 12.1. The van der Waals surface area contributed by atoms with Crippen molar-refractivity contribution in [1.82, 2.24) is 10.4 Å². The Labute approximate surface area is 144 Å². The maximum absolute atomic E-state index is 12.8. The smallest absolute Gasteiger partial charge is 0.270 e. The van der Waals surface area contributed by atoms with E-state index in [1.54, 1.807) is 0 Å². The lowest BCUT2D eigenvalue weighted by atomic mass is 9.63. The van der Waals surface area contributed by atoms with Crippen LogP contribution in [0.1, 0.15) is 22.3 Å². The summed E-state index contributed by atoms with van der Waals surface area (Å²) in [5.74, 6) is -0.426. The van der Waals surface area contributed by atoms with Crippen LogP contribution < -0.4 is 5.43 Å². The first-order valence-corrected chi connectivity index (χ1v) is 8.47. The Kier molecular flexibility index (Phi) is 2.76. The highest BCUT2D eigenvalue weighted by atomic mass is 16.2. The molecule has 1 aliphatic heterocycles. The number of allylic oxidation sites excluding steroid dienone is 2. The Morgan fingerprint density at radius 1 is 1.04 bits per heavy atom. The van der Waals surface area contributed by atoms with E-state index in [4.69, 9.17) is 5.26 Å². The third-order valence-electron chi connectivity index (χ3n) is 6.15. The van der Waals surface area contributed by atoms with E-state index in [0.717, 1.165) is 11.4 Å². The van der Waals surface area contributed by atoms with Gasteiger partial charge in [0.25, 0.3) is 17.7 Å². The number of amides is 3. The Balaban J connectivity index is 1.39. The van der Waals surface area contributed by atoms with Crippen LogP contribution in [0.15, 0.2) is 36.4 Å². The molecule has 124 valence electrons. The highest BCUT2D eigenvalue weighted by molar-refractivity contribution is 6.08. The lowest BCUT2D eigenvalue weighted by Crippen LogP contribution is -2.46. The van der Waals surface area contributed by atoms with E-state index < -0.39 is 5.91 Å². The van der Waals surface area contributed by atoms with Gasteiger partial charge in [-0.25, -0.2) is 0 Å². The molecule has 6 heteroatoms. The lowest BCUT2D eigenvalue weighted by molar-refractivity contribution is -0.143. The average molecular weight is 333 g/mol. The van der Waals surface area contributed by atoms with Crippen molar-refractivity contribution < 1.29 is 14.4 Å². The van der Waals surface area contributed by atoms with Crippen LogP contribution in [0, 0.1) is 46.8 Å². The fourth-order valence-corrected chi connectivity index (χ4v) is 4.93. The second kappa shape index (κ2) is 4.79. The molecule has 6 rings (SSSR count). The molecule has 0 aromatic heterocycles. The van der Waals surface area contributed by atoms with Gasteiger partial charge in [0.15, 0.2) is 0 Å². The summed E-state index contributed by atoms with van der Waals surface area (Å²) in [5.41, 5.74) is 3.22. The number of nitriles is 1. The van der Waals surface area contributed by atoms with Gasteiger partial charge >= 0.3 is 0 Å². The quantitative estimate of drug-likeness (QED) is 0.651. The van der Waals surface area contributed by atoms with Crippen LogP contribution in [0.5, 0.6) is 0 Å². The van der Waals surface area contributed by atoms with Crippen LogP contribution in [0.25, 0.3) is 0 Å². The Morgan fingerprint density at radius 3 is 2.12 bits per heavy atom. The molecule has 3 fully saturated rings. The summed E-state index contributed by atoms with van der Waals surface area (Å²) < 4.78 is 0. The summed E-state index contributed by atoms with van der Waals surface area (Å²) in [5, 5.41) is 9.74. The number of carbonyl (C=O) groups is 3. The molecule has 4 aliphatic carbocycles. The number of rotatable bonds is 2. The molecule has 1 heterocycles. The summed E-state index contributed by atoms with van der Waals surface area (Å²) in [7, 11) is 0. The minimum Gasteiger partial charge on any atom is -0.272 e. The van der Waals surface area contributed by atoms with Crippen LogP contribution in [0.4, 0.5) is 0 Å². The molecule has 5 aliphatic rings. The second-order valence-corrected chi connectivity index (χ2v) is 7.30. The van der Waals surface area contributed by atoms with Crippen molar-refractivity contribution in [2.24, 2.45) is 35.5 Å². The fourth-order valence-electron chi connectivity index (χ4n) is 4.93. The van der Waals surface area contributed by atoms with Gasteiger partial charge in [0, 0.05) is 5.56 Å². The Morgan fingerprint density at radius 2 is 1.60 bits per heavy atom. The van der Waals surface area contributed by atoms with Gasteiger partial charge in [0.05, 0.1) is 23.5 Å². The van der Waals surface area contributed by atoms with Crippen LogP contribution in [-0.4, -0.2) is 22.7 Å². The minimum atomic E-state index is -0.518. The van der Waals surface area contributed by atoms with E-state index >= 15 is 0 Å². The molecule has 2 bridgehead atoms. The third-order valence-corrected chi connectivity index (χ3v) is 6.15. The Hall–Kier alpha value is -2.94. The van der Waals surface area contributed by atoms with Crippen molar-refractivity contribution >= 4 is 17.7 Å². The summed E-state index contributed by atoms with van der Waals surface area (Å²) >= 11 is 0. The zero-order valence-corrected chi connectivity index (χ0v) is 13.3. The van der Waals surface area contributed by atoms with Crippen LogP contribution in [0.2, 0.25) is 0 Å². The molecule has 1 saturated heterocycles. The predicted molar refractivity (Wildman–Crippen MR) is 85.2 cm³/mol. The van der Waals surface area contributed by atoms with Crippen molar-refractivity contribution in [3.8, 4) is 6.07 Å². The normalized spacial score (nSPS) is 36.7. The van der Waals surface area contributed by atoms with Crippen LogP contribution in [0.3, 0.4) is 0 Å². The van der Waals surface area contributed by atoms with Gasteiger partial charge in [0.1, 0.15) is 0 Å². The number of hydrogen-bond donors (Lipinski definition) is 1. The zero-order chi connectivity index (χ0) is 17.3. The number of nitrogens with zero attached hydrogens (tertiary/aromatic N) is 2. The van der Waals surface area contributed by atoms with Crippen LogP contribution in [-0.2, 0) is 9.59 Å². The van der Waals surface area contributed by atoms with Gasteiger partial charge in [-0.15, -0.1) is 0 Å². The number of hydrogen-bond acceptors (Lipinski definition) is 4. The molecular weight excluding hydrogens is 318 g/mol. The highest BCUT2D eigenvalue weighted by Gasteiger charge is 2.67. The van der Waals surface area contributed by atoms with Gasteiger partial charge in [0.2, 0.25) is 0 Å². The molecule has 0 radical (unpaired) electrons. The molecule has 25 heavy (non-hydrogen) atoms. The molecule has 1 aromatic carbocycles. The molecule has 1 aromatic rings. The maximum Gasteiger partial charge on any atom is 0.270 e. The van der Waals surface area contributed by atoms with Gasteiger partial charge in [-0.3, -0.25) is 19.8 Å². The van der Waals surface area contributed by atoms with Gasteiger partial charge in [-0.2, -0.15) is 10.3 Å². The molecule has 1 N–H and O–H groups in total. The summed E-state index contributed by atoms with van der Waals surface area (Å²) in [6, 6.07) is 8.05. The predicted octanol–water partition coefficient (Wildman–Crippen LogP) is 1.26. The van der Waals surface area contributed by atoms with Crippen molar-refractivity contribution in [2.75, 3.05) is 0 Å². The van der Waals surface area contributed by atoms with Crippen molar-refractivity contribution in [2.45, 2.75) is 6.42 Å². The maximum atomic E-state index is 12.8. The molecule has 6 nitrogen and oxygen atoms in total. The average Bonchev–Trinajstić information content (AvgIpc) is 3.43. The van der Waals surface area contributed by atoms with Gasteiger partial charge < -0.3 is 0 Å². The first-order valence-electron chi connectivity index (χ1n) is 8.47. The number of imide groups is 1. The van der Waals surface area contributed by atoms with E-state index in [1.807, 2.05) is 6.07 Å². The van der Waals surface area contributed by atoms with E-state index in [-0.39, 0.29) is 35.5 Å². The number of nitrogens with one attached hydrogen (secondary N) is 1. The number of benzene rings is 1. The van der Waals surface area contributed by atoms with Gasteiger partial charge in [-0.1, -0.05) is 12.2 Å². The number of carbonyl (C=O) groups excluding carboxylic acids is 3. The zero-order valence-electron chi connectivity index (χ0n) is 13.3. The molecule has 6 atom stereocenters. The van der Waals surface area contributed by atoms with Gasteiger partial charge in [-0.05, 0) is 54.4 Å². The topological polar surface area (TPSA) is 90.3 Å². The summed E-state index contributed by atoms with van der Waals surface area (Å²) in [6.45, 7) is 0. The summed E-state index contributed by atoms with van der Waals surface area (Å²) in [4.78, 5) is 38.0. The van der Waals surface area contributed by atoms with E-state index in [1.165, 1.54) is 24.3 Å². The molecular formula is C19H15N3O3. The van der Waals surface area contributed by atoms with Crippen molar-refractivity contribution in [1.29, 1.82) is 5.26 Å². The molecule has 2 saturated carbocycles. The van der Waals surface area contributed by atoms with Crippen LogP contribution >= 0.6 is 0 Å². The van der Waals surface area contributed by atoms with Crippen molar-refractivity contribution in [3.63, 3.8) is 0 Å². The third kappa shape index (κ3) is 1.86. The van der Waals surface area contributed by atoms with E-state index in [2.05, 4.69) is 17.6 Å². The molecule has 4 unspecified atom stereocenters. The highest BCUT2D eigenvalue weighted by Crippen LogP contribution is 2.65. The summed E-state index contributed by atoms with van der Waals surface area (Å²) in [6.07, 6.45) is 5.29. The standard InChI is InChI=1S/C19H15N3O3/c20-8-9-1-3-10(4-2-9)17(23)21-22-18(24)15-11-5-6-12(14-7-13(11)14)16(15)19(22)25/h1-6,11-16H,7H2,(H,21,23)/t11?,12?,13?,14?,15-,16+. The lowest BCUT2D eigenvalue weighted by Gasteiger charge is -2.37.